The maximum atomic E-state index is 10.4. The van der Waals surface area contributed by atoms with Crippen molar-refractivity contribution in [3.05, 3.63) is 277 Å². The predicted octanol–water partition coefficient (Wildman–Crippen LogP) is 22.2. The van der Waals surface area contributed by atoms with Crippen LogP contribution >= 0.6 is 0 Å². The monoisotopic (exact) mass is 1210 g/mol. The van der Waals surface area contributed by atoms with Crippen molar-refractivity contribution in [1.29, 1.82) is 0 Å². The number of hydrogen-bond donors (Lipinski definition) is 0. The molecule has 1 aliphatic rings. The van der Waals surface area contributed by atoms with Crippen molar-refractivity contribution >= 4 is 54.6 Å². The van der Waals surface area contributed by atoms with Gasteiger partial charge in [0, 0.05) is 47.7 Å². The molecule has 15 aromatic rings. The molecule has 0 atom stereocenters. The lowest BCUT2D eigenvalue weighted by atomic mass is 9.78. The topological polar surface area (TPSA) is 40.8 Å². The Bertz CT molecular complexity index is 6150. The summed E-state index contributed by atoms with van der Waals surface area (Å²) in [5.41, 5.74) is 6.99. The highest BCUT2D eigenvalue weighted by Gasteiger charge is 2.31. The highest BCUT2D eigenvalue weighted by atomic mass is 16.5. The minimum atomic E-state index is -2.91. The van der Waals surface area contributed by atoms with Gasteiger partial charge in [-0.15, -0.1) is 0 Å². The van der Waals surface area contributed by atoms with Gasteiger partial charge in [0.25, 0.3) is 6.33 Å². The lowest BCUT2D eigenvalue weighted by Gasteiger charge is -2.28. The number of rotatable bonds is 7. The molecule has 92 heavy (non-hydrogen) atoms. The van der Waals surface area contributed by atoms with Crippen LogP contribution in [0.5, 0.6) is 11.5 Å². The Morgan fingerprint density at radius 2 is 0.967 bits per heavy atom. The van der Waals surface area contributed by atoms with E-state index in [0.717, 1.165) is 66.1 Å². The molecule has 0 spiro atoms. The van der Waals surface area contributed by atoms with Gasteiger partial charge in [-0.2, -0.15) is 0 Å². The minimum Gasteiger partial charge on any atom is -0.458 e. The molecule has 4 aromatic heterocycles. The van der Waals surface area contributed by atoms with Crippen LogP contribution in [0.1, 0.15) is 109 Å². The van der Waals surface area contributed by atoms with E-state index in [0.29, 0.717) is 45.0 Å². The molecule has 0 bridgehead atoms. The Balaban J connectivity index is 1.09. The summed E-state index contributed by atoms with van der Waals surface area (Å²) in [4.78, 5) is 4.93. The first-order valence-electron chi connectivity index (χ1n) is 38.1. The van der Waals surface area contributed by atoms with Crippen molar-refractivity contribution in [3.8, 4) is 90.0 Å². The SMILES string of the molecule is [2H]c1c([2H])c([2H])c2c(c1[2H])-c1cc(-c3c(C([2H])([2H])[2H])cccc3C([2H])([2H])[2H])cc(-c3cc(C(C)(C)C)cc(C(C)(C)C)c3)c1-[n+]1[c-]n(-c3cccc(Oc4ccc5c6ccccc6n(-c6cc(C(C)(C)C)ccn6)c5c4)c3)c3cc(-n4c5ccccc5c5ccccc54)cc(c31)-c1c([2H])c([2H])c([2H])c([2H])c1-2. The van der Waals surface area contributed by atoms with Gasteiger partial charge in [-0.3, -0.25) is 13.7 Å². The molecule has 0 radical (unpaired) electrons. The molecule has 0 aliphatic carbocycles. The molecule has 6 heteroatoms. The van der Waals surface area contributed by atoms with E-state index in [1.54, 1.807) is 16.7 Å². The number of para-hydroxylation sites is 3. The number of aromatic nitrogens is 5. The third-order valence-corrected chi connectivity index (χ3v) is 18.2. The Labute approximate surface area is 558 Å². The van der Waals surface area contributed by atoms with E-state index in [1.807, 2.05) is 138 Å². The number of pyridine rings is 1. The van der Waals surface area contributed by atoms with E-state index in [1.165, 1.54) is 18.2 Å². The standard InChI is InChI=1S/C86H73N5O/c1-53-24-22-25-54(2)81(53)56-44-72(55-42-58(85(6,7)8)46-59(43-55)86(9,10)11)82-73(45-56)66-30-14-12-28-64(66)65-29-13-15-31-67(65)74-49-61(90-75-35-19-16-32-68(75)69-33-17-20-36-76(69)90)50-79-83(74)89(82)52-88(79)60-26-23-27-62(48-60)92-63-38-39-71-70-34-18-21-37-77(70)91(78(71)51-63)80-47-57(40-41-87-80)84(3,4)5/h12-51H,1-11H3/i1D3,2D3,12D,13D,14D,15D,28D,29D,30D,31D. The summed E-state index contributed by atoms with van der Waals surface area (Å²) >= 11 is 0. The molecule has 0 amide bonds. The Kier molecular flexibility index (Phi) is 9.87. The van der Waals surface area contributed by atoms with Crippen LogP contribution in [0.4, 0.5) is 0 Å². The van der Waals surface area contributed by atoms with Gasteiger partial charge in [0.1, 0.15) is 17.3 Å². The van der Waals surface area contributed by atoms with Crippen LogP contribution in [-0.4, -0.2) is 18.7 Å². The molecule has 16 rings (SSSR count). The minimum absolute atomic E-state index is 0.0352. The van der Waals surface area contributed by atoms with Crippen molar-refractivity contribution in [2.24, 2.45) is 0 Å². The molecule has 5 heterocycles. The second kappa shape index (κ2) is 21.0. The van der Waals surface area contributed by atoms with Crippen molar-refractivity contribution in [2.75, 3.05) is 0 Å². The lowest BCUT2D eigenvalue weighted by molar-refractivity contribution is -0.570. The van der Waals surface area contributed by atoms with Crippen molar-refractivity contribution in [2.45, 2.75) is 92.3 Å². The van der Waals surface area contributed by atoms with E-state index in [2.05, 4.69) is 108 Å². The van der Waals surface area contributed by atoms with Gasteiger partial charge in [-0.1, -0.05) is 208 Å². The largest absolute Gasteiger partial charge is 0.458 e. The fourth-order valence-corrected chi connectivity index (χ4v) is 13.5. The molecule has 0 unspecified atom stereocenters. The van der Waals surface area contributed by atoms with Crippen molar-refractivity contribution in [3.63, 3.8) is 0 Å². The molecule has 6 nitrogen and oxygen atoms in total. The molecule has 0 saturated heterocycles. The fraction of sp³-hybridized carbons (Fsp3) is 0.163. The van der Waals surface area contributed by atoms with Gasteiger partial charge < -0.3 is 9.30 Å². The van der Waals surface area contributed by atoms with E-state index < -0.39 is 72.9 Å². The molecule has 0 saturated carbocycles. The second-order valence-electron chi connectivity index (χ2n) is 27.2. The van der Waals surface area contributed by atoms with Gasteiger partial charge in [-0.05, 0) is 198 Å². The van der Waals surface area contributed by atoms with Gasteiger partial charge in [-0.25, -0.2) is 4.98 Å². The summed E-state index contributed by atoms with van der Waals surface area (Å²) in [5, 5.41) is 3.90. The van der Waals surface area contributed by atoms with E-state index in [-0.39, 0.29) is 66.7 Å². The van der Waals surface area contributed by atoms with Crippen LogP contribution in [-0.2, 0) is 16.2 Å². The number of imidazole rings is 1. The molecule has 11 aromatic carbocycles. The predicted molar refractivity (Wildman–Crippen MR) is 383 cm³/mol. The number of fused-ring (bicyclic) bond motifs is 13. The third-order valence-electron chi connectivity index (χ3n) is 18.2. The van der Waals surface area contributed by atoms with Crippen LogP contribution in [0, 0.1) is 20.0 Å². The molecule has 0 fully saturated rings. The summed E-state index contributed by atoms with van der Waals surface area (Å²) in [7, 11) is 0. The van der Waals surface area contributed by atoms with Gasteiger partial charge in [0.2, 0.25) is 0 Å². The van der Waals surface area contributed by atoms with Crippen LogP contribution < -0.4 is 9.30 Å². The zero-order valence-electron chi connectivity index (χ0n) is 66.6. The fourth-order valence-electron chi connectivity index (χ4n) is 13.5. The third kappa shape index (κ3) is 9.28. The second-order valence-corrected chi connectivity index (χ2v) is 27.2. The molecule has 448 valence electrons. The van der Waals surface area contributed by atoms with Gasteiger partial charge in [0.15, 0.2) is 0 Å². The Hall–Kier alpha value is -10.6. The maximum absolute atomic E-state index is 10.4. The average molecular weight is 1210 g/mol. The van der Waals surface area contributed by atoms with Crippen LogP contribution in [0.3, 0.4) is 0 Å². The first-order chi connectivity index (χ1) is 50.1. The Morgan fingerprint density at radius 3 is 1.58 bits per heavy atom. The highest BCUT2D eigenvalue weighted by Crippen LogP contribution is 2.49. The zero-order valence-corrected chi connectivity index (χ0v) is 52.6. The first-order valence-corrected chi connectivity index (χ1v) is 31.1. The summed E-state index contributed by atoms with van der Waals surface area (Å²) < 4.78 is 149. The number of benzene rings is 11. The highest BCUT2D eigenvalue weighted by molar-refractivity contribution is 6.11. The van der Waals surface area contributed by atoms with E-state index >= 15 is 0 Å². The van der Waals surface area contributed by atoms with E-state index in [9.17, 15) is 11.0 Å². The van der Waals surface area contributed by atoms with Crippen molar-refractivity contribution < 1.29 is 28.5 Å². The quantitative estimate of drug-likeness (QED) is 0.118. The number of ether oxygens (including phenoxy) is 1. The molecule has 0 N–H and O–H groups in total. The van der Waals surface area contributed by atoms with Gasteiger partial charge in [0.05, 0.1) is 55.4 Å². The normalized spacial score (nSPS) is 15.0. The van der Waals surface area contributed by atoms with Crippen LogP contribution in [0.25, 0.3) is 133 Å². The first kappa shape index (κ1) is 43.2. The van der Waals surface area contributed by atoms with Crippen LogP contribution in [0.2, 0.25) is 0 Å². The Morgan fingerprint density at radius 1 is 0.424 bits per heavy atom. The van der Waals surface area contributed by atoms with Crippen LogP contribution in [0.15, 0.2) is 243 Å². The summed E-state index contributed by atoms with van der Waals surface area (Å²) in [5.74, 6) is 1.70. The number of hydrogen-bond acceptors (Lipinski definition) is 2. The summed E-state index contributed by atoms with van der Waals surface area (Å²) in [6.45, 7) is 13.3. The smallest absolute Gasteiger partial charge is 0.269 e. The summed E-state index contributed by atoms with van der Waals surface area (Å²) in [6, 6.07) is 54.5. The zero-order chi connectivity index (χ0) is 75.1. The molecular formula is C86H73N5O. The van der Waals surface area contributed by atoms with Crippen molar-refractivity contribution in [1.82, 2.24) is 18.7 Å². The number of nitrogens with zero attached hydrogens (tertiary/aromatic N) is 5. The average Bonchev–Trinajstić information content (AvgIpc) is 1.48. The van der Waals surface area contributed by atoms with Gasteiger partial charge >= 0.3 is 0 Å². The molecular weight excluding hydrogens is 1120 g/mol. The van der Waals surface area contributed by atoms with E-state index in [4.69, 9.17) is 17.9 Å². The number of aryl methyl sites for hydroxylation is 2. The maximum Gasteiger partial charge on any atom is 0.269 e. The molecule has 1 aliphatic heterocycles. The lowest BCUT2D eigenvalue weighted by Crippen LogP contribution is -2.32. The summed E-state index contributed by atoms with van der Waals surface area (Å²) in [6.07, 6.45) is 5.67.